The number of carbonyl (C=O) groups excluding carboxylic acids is 1. The minimum absolute atomic E-state index is 0.0437. The average Bonchev–Trinajstić information content (AvgIpc) is 2.18. The van der Waals surface area contributed by atoms with Gasteiger partial charge >= 0.3 is 12.1 Å². The molecule has 1 unspecified atom stereocenters. The van der Waals surface area contributed by atoms with Gasteiger partial charge in [0.2, 0.25) is 6.17 Å². The van der Waals surface area contributed by atoms with Gasteiger partial charge in [0, 0.05) is 0 Å². The summed E-state index contributed by atoms with van der Waals surface area (Å²) >= 11 is 0. The van der Waals surface area contributed by atoms with Crippen molar-refractivity contribution >= 4 is 5.97 Å². The molecule has 2 nitrogen and oxygen atoms in total. The van der Waals surface area contributed by atoms with Gasteiger partial charge in [-0.2, -0.15) is 8.78 Å². The number of carbonyl (C=O) groups is 1. The van der Waals surface area contributed by atoms with Gasteiger partial charge in [-0.3, -0.25) is 0 Å². The van der Waals surface area contributed by atoms with Gasteiger partial charge in [0.1, 0.15) is 0 Å². The van der Waals surface area contributed by atoms with Crippen molar-refractivity contribution in [2.24, 2.45) is 0 Å². The molecule has 0 bridgehead atoms. The summed E-state index contributed by atoms with van der Waals surface area (Å²) < 4.78 is 41.4. The van der Waals surface area contributed by atoms with E-state index in [0.29, 0.717) is 6.92 Å². The third-order valence-electron chi connectivity index (χ3n) is 1.70. The molecule has 0 heterocycles. The van der Waals surface area contributed by atoms with E-state index in [1.165, 1.54) is 24.3 Å². The van der Waals surface area contributed by atoms with Gasteiger partial charge < -0.3 is 4.74 Å². The van der Waals surface area contributed by atoms with E-state index in [2.05, 4.69) is 4.74 Å². The standard InChI is InChI=1S/C10H9F3O2/c1-7(11)10(12,13)15-9(14)8-5-3-2-4-6-8/h2-7H,1H3. The lowest BCUT2D eigenvalue weighted by Crippen LogP contribution is -2.33. The Labute approximate surface area is 84.7 Å². The molecule has 15 heavy (non-hydrogen) atoms. The highest BCUT2D eigenvalue weighted by Gasteiger charge is 2.41. The molecule has 5 heteroatoms. The molecule has 1 aromatic rings. The molecule has 1 rings (SSSR count). The lowest BCUT2D eigenvalue weighted by Gasteiger charge is -2.17. The van der Waals surface area contributed by atoms with Crippen LogP contribution in [-0.4, -0.2) is 18.2 Å². The zero-order chi connectivity index (χ0) is 11.5. The van der Waals surface area contributed by atoms with Crippen molar-refractivity contribution in [2.45, 2.75) is 19.2 Å². The number of esters is 1. The number of ether oxygens (including phenoxy) is 1. The molecular weight excluding hydrogens is 209 g/mol. The molecule has 0 spiro atoms. The first-order chi connectivity index (χ1) is 6.93. The third kappa shape index (κ3) is 2.97. The number of hydrogen-bond acceptors (Lipinski definition) is 2. The summed E-state index contributed by atoms with van der Waals surface area (Å²) in [6.07, 6.45) is -6.63. The smallest absolute Gasteiger partial charge is 0.395 e. The number of rotatable bonds is 3. The van der Waals surface area contributed by atoms with Gasteiger partial charge in [-0.15, -0.1) is 0 Å². The van der Waals surface area contributed by atoms with Gasteiger partial charge in [0.15, 0.2) is 0 Å². The Hall–Kier alpha value is -1.52. The van der Waals surface area contributed by atoms with Crippen molar-refractivity contribution in [3.05, 3.63) is 35.9 Å². The summed E-state index contributed by atoms with van der Waals surface area (Å²) in [6, 6.07) is 7.22. The highest BCUT2D eigenvalue weighted by atomic mass is 19.3. The molecule has 0 radical (unpaired) electrons. The molecule has 0 aliphatic carbocycles. The van der Waals surface area contributed by atoms with Crippen LogP contribution in [0.15, 0.2) is 30.3 Å². The molecule has 0 amide bonds. The van der Waals surface area contributed by atoms with Crippen LogP contribution >= 0.6 is 0 Å². The van der Waals surface area contributed by atoms with Gasteiger partial charge in [0.25, 0.3) is 0 Å². The number of benzene rings is 1. The summed E-state index contributed by atoms with van der Waals surface area (Å²) in [6.45, 7) is 0.623. The van der Waals surface area contributed by atoms with Crippen molar-refractivity contribution in [1.82, 2.24) is 0 Å². The van der Waals surface area contributed by atoms with E-state index in [-0.39, 0.29) is 5.56 Å². The normalized spacial score (nSPS) is 13.3. The summed E-state index contributed by atoms with van der Waals surface area (Å²) in [4.78, 5) is 11.1. The maximum absolute atomic E-state index is 12.7. The zero-order valence-corrected chi connectivity index (χ0v) is 7.91. The van der Waals surface area contributed by atoms with Crippen LogP contribution in [0.25, 0.3) is 0 Å². The maximum atomic E-state index is 12.7. The Morgan fingerprint density at radius 3 is 2.33 bits per heavy atom. The van der Waals surface area contributed by atoms with Crippen molar-refractivity contribution in [1.29, 1.82) is 0 Å². The van der Waals surface area contributed by atoms with Crippen LogP contribution in [0.5, 0.6) is 0 Å². The van der Waals surface area contributed by atoms with Crippen LogP contribution in [0.2, 0.25) is 0 Å². The van der Waals surface area contributed by atoms with Gasteiger partial charge in [-0.05, 0) is 19.1 Å². The predicted octanol–water partition coefficient (Wildman–Crippen LogP) is 2.79. The first-order valence-electron chi connectivity index (χ1n) is 4.24. The minimum atomic E-state index is -4.09. The van der Waals surface area contributed by atoms with Crippen LogP contribution in [-0.2, 0) is 4.74 Å². The summed E-state index contributed by atoms with van der Waals surface area (Å²) in [5.41, 5.74) is -0.0437. The van der Waals surface area contributed by atoms with Crippen LogP contribution in [0.3, 0.4) is 0 Å². The van der Waals surface area contributed by atoms with Crippen LogP contribution in [0.1, 0.15) is 17.3 Å². The Bertz CT molecular complexity index is 336. The molecule has 0 aliphatic heterocycles. The molecule has 0 saturated heterocycles. The largest absolute Gasteiger partial charge is 0.431 e. The highest BCUT2D eigenvalue weighted by molar-refractivity contribution is 5.89. The fourth-order valence-electron chi connectivity index (χ4n) is 0.838. The second-order valence-corrected chi connectivity index (χ2v) is 2.93. The fourth-order valence-corrected chi connectivity index (χ4v) is 0.838. The van der Waals surface area contributed by atoms with Crippen LogP contribution in [0.4, 0.5) is 13.2 Å². The second-order valence-electron chi connectivity index (χ2n) is 2.93. The monoisotopic (exact) mass is 218 g/mol. The SMILES string of the molecule is CC(F)C(F)(F)OC(=O)c1ccccc1. The molecule has 0 aromatic heterocycles. The van der Waals surface area contributed by atoms with E-state index in [1.807, 2.05) is 0 Å². The number of hydrogen-bond donors (Lipinski definition) is 0. The summed E-state index contributed by atoms with van der Waals surface area (Å²) in [7, 11) is 0. The molecule has 1 aromatic carbocycles. The quantitative estimate of drug-likeness (QED) is 0.729. The van der Waals surface area contributed by atoms with E-state index in [9.17, 15) is 18.0 Å². The first kappa shape index (κ1) is 11.6. The van der Waals surface area contributed by atoms with Gasteiger partial charge in [-0.1, -0.05) is 18.2 Å². The van der Waals surface area contributed by atoms with E-state index in [0.717, 1.165) is 0 Å². The Morgan fingerprint density at radius 1 is 1.33 bits per heavy atom. The maximum Gasteiger partial charge on any atom is 0.431 e. The third-order valence-corrected chi connectivity index (χ3v) is 1.70. The van der Waals surface area contributed by atoms with E-state index in [4.69, 9.17) is 0 Å². The minimum Gasteiger partial charge on any atom is -0.395 e. The van der Waals surface area contributed by atoms with Crippen LogP contribution < -0.4 is 0 Å². The Kier molecular flexibility index (Phi) is 3.34. The molecule has 82 valence electrons. The lowest BCUT2D eigenvalue weighted by molar-refractivity contribution is -0.235. The molecule has 0 aliphatic rings. The Balaban J connectivity index is 2.73. The highest BCUT2D eigenvalue weighted by Crippen LogP contribution is 2.24. The van der Waals surface area contributed by atoms with Crippen molar-refractivity contribution < 1.29 is 22.7 Å². The first-order valence-corrected chi connectivity index (χ1v) is 4.24. The molecular formula is C10H9F3O2. The summed E-state index contributed by atoms with van der Waals surface area (Å²) in [5.74, 6) is -1.25. The summed E-state index contributed by atoms with van der Waals surface area (Å²) in [5, 5.41) is 0. The Morgan fingerprint density at radius 2 is 1.87 bits per heavy atom. The van der Waals surface area contributed by atoms with Crippen LogP contribution in [0, 0.1) is 0 Å². The fraction of sp³-hybridized carbons (Fsp3) is 0.300. The molecule has 0 N–H and O–H groups in total. The molecule has 1 atom stereocenters. The van der Waals surface area contributed by atoms with E-state index in [1.54, 1.807) is 6.07 Å². The number of halogens is 3. The second kappa shape index (κ2) is 4.33. The van der Waals surface area contributed by atoms with E-state index >= 15 is 0 Å². The van der Waals surface area contributed by atoms with Gasteiger partial charge in [-0.25, -0.2) is 9.18 Å². The van der Waals surface area contributed by atoms with Crippen molar-refractivity contribution in [2.75, 3.05) is 0 Å². The van der Waals surface area contributed by atoms with Gasteiger partial charge in [0.05, 0.1) is 5.56 Å². The zero-order valence-electron chi connectivity index (χ0n) is 7.91. The van der Waals surface area contributed by atoms with Crippen molar-refractivity contribution in [3.8, 4) is 0 Å². The van der Waals surface area contributed by atoms with E-state index < -0.39 is 18.2 Å². The lowest BCUT2D eigenvalue weighted by atomic mass is 10.2. The van der Waals surface area contributed by atoms with Crippen molar-refractivity contribution in [3.63, 3.8) is 0 Å². The molecule has 0 fully saturated rings. The predicted molar refractivity (Wildman–Crippen MR) is 47.4 cm³/mol. The number of alkyl halides is 3. The topological polar surface area (TPSA) is 26.3 Å². The molecule has 0 saturated carbocycles. The average molecular weight is 218 g/mol.